The molecule has 0 radical (unpaired) electrons. The van der Waals surface area contributed by atoms with Crippen LogP contribution in [0.3, 0.4) is 0 Å². The van der Waals surface area contributed by atoms with Crippen molar-refractivity contribution in [1.82, 2.24) is 9.78 Å². The van der Waals surface area contributed by atoms with Crippen molar-refractivity contribution in [1.29, 1.82) is 0 Å². The van der Waals surface area contributed by atoms with E-state index in [1.54, 1.807) is 6.07 Å². The third-order valence-corrected chi connectivity index (χ3v) is 5.22. The Morgan fingerprint density at radius 3 is 2.00 bits per heavy atom. The molecule has 1 heterocycles. The Labute approximate surface area is 165 Å². The lowest BCUT2D eigenvalue weighted by Crippen LogP contribution is -2.12. The highest BCUT2D eigenvalue weighted by atomic mass is 32.2. The number of aryl methyl sites for hydroxylation is 1. The van der Waals surface area contributed by atoms with Crippen LogP contribution in [-0.2, 0) is 20.2 Å². The zero-order chi connectivity index (χ0) is 22.0. The van der Waals surface area contributed by atoms with Gasteiger partial charge in [-0.2, -0.15) is 16.8 Å². The van der Waals surface area contributed by atoms with E-state index in [1.165, 1.54) is 4.68 Å². The van der Waals surface area contributed by atoms with E-state index in [4.69, 9.17) is 14.8 Å². The molecule has 0 saturated heterocycles. The Morgan fingerprint density at radius 2 is 1.55 bits per heavy atom. The van der Waals surface area contributed by atoms with Crippen LogP contribution in [0, 0.1) is 6.92 Å². The van der Waals surface area contributed by atoms with Gasteiger partial charge in [-0.1, -0.05) is 18.2 Å². The first kappa shape index (κ1) is 22.2. The molecular formula is C16H17N3O8S2. The second-order valence-corrected chi connectivity index (χ2v) is 8.57. The van der Waals surface area contributed by atoms with Crippen LogP contribution >= 0.6 is 0 Å². The molecule has 0 aliphatic carbocycles. The number of nitrogens with one attached hydrogen (secondary N) is 1. The van der Waals surface area contributed by atoms with Gasteiger partial charge < -0.3 is 10.8 Å². The van der Waals surface area contributed by atoms with Crippen LogP contribution in [0.1, 0.15) is 5.69 Å². The molecule has 1 aromatic heterocycles. The first-order chi connectivity index (χ1) is 13.3. The van der Waals surface area contributed by atoms with Crippen LogP contribution in [0.5, 0.6) is 5.75 Å². The van der Waals surface area contributed by atoms with Crippen LogP contribution in [0.2, 0.25) is 0 Å². The molecule has 29 heavy (non-hydrogen) atoms. The van der Waals surface area contributed by atoms with E-state index in [1.807, 2.05) is 37.3 Å². The van der Waals surface area contributed by atoms with E-state index in [9.17, 15) is 26.7 Å². The minimum atomic E-state index is -4.84. The predicted octanol–water partition coefficient (Wildman–Crippen LogP) is 0.942. The maximum absolute atomic E-state index is 11.4. The lowest BCUT2D eigenvalue weighted by Gasteiger charge is -2.06. The fourth-order valence-electron chi connectivity index (χ4n) is 2.23. The zero-order valence-electron chi connectivity index (χ0n) is 14.8. The molecule has 0 unspecified atom stereocenters. The van der Waals surface area contributed by atoms with Crippen molar-refractivity contribution >= 4 is 25.9 Å². The van der Waals surface area contributed by atoms with Crippen molar-refractivity contribution in [3.63, 3.8) is 0 Å². The van der Waals surface area contributed by atoms with Crippen LogP contribution in [0.25, 0.3) is 5.69 Å². The van der Waals surface area contributed by atoms with E-state index in [0.29, 0.717) is 12.1 Å². The second kappa shape index (κ2) is 8.08. The molecular weight excluding hydrogens is 426 g/mol. The maximum atomic E-state index is 11.4. The smallest absolute Gasteiger partial charge is 0.298 e. The third-order valence-electron chi connectivity index (χ3n) is 3.52. The fraction of sp³-hybridized carbons (Fsp3) is 0.0625. The Hall–Kier alpha value is -3.13. The summed E-state index contributed by atoms with van der Waals surface area (Å²) < 4.78 is 61.8. The molecule has 6 N–H and O–H groups in total. The molecule has 0 saturated carbocycles. The van der Waals surface area contributed by atoms with Crippen LogP contribution < -0.4 is 11.3 Å². The Kier molecular flexibility index (Phi) is 6.18. The van der Waals surface area contributed by atoms with Crippen molar-refractivity contribution in [2.24, 2.45) is 0 Å². The Balaban J connectivity index is 0.000000211. The highest BCUT2D eigenvalue weighted by molar-refractivity contribution is 7.86. The number of aromatic hydroxyl groups is 1. The standard InChI is InChI=1S/C10H10N2O.C6H7NO7S2/c1-8-7-10(13)12(11-8)9-5-3-2-4-6-9;7-4-1-3(15(9,10)11)2-5(6(4)8)16(12,13)14/h2-7,11H,1H3;1-2,8H,7H2,(H,9,10,11)(H,12,13,14). The van der Waals surface area contributed by atoms with Gasteiger partial charge in [0.2, 0.25) is 0 Å². The Morgan fingerprint density at radius 1 is 0.966 bits per heavy atom. The number of rotatable bonds is 3. The summed E-state index contributed by atoms with van der Waals surface area (Å²) in [6.07, 6.45) is 0. The number of phenols is 1. The first-order valence-electron chi connectivity index (χ1n) is 7.72. The van der Waals surface area contributed by atoms with Gasteiger partial charge in [0.1, 0.15) is 4.90 Å². The summed E-state index contributed by atoms with van der Waals surface area (Å²) in [5, 5.41) is 12.1. The van der Waals surface area contributed by atoms with Gasteiger partial charge in [0.15, 0.2) is 5.75 Å². The molecule has 0 aliphatic rings. The number of aromatic amines is 1. The zero-order valence-corrected chi connectivity index (χ0v) is 16.5. The van der Waals surface area contributed by atoms with Gasteiger partial charge in [-0.05, 0) is 31.2 Å². The van der Waals surface area contributed by atoms with E-state index in [-0.39, 0.29) is 5.56 Å². The molecule has 0 bridgehead atoms. The number of nitrogens with two attached hydrogens (primary N) is 1. The van der Waals surface area contributed by atoms with Gasteiger partial charge in [-0.25, -0.2) is 4.68 Å². The largest absolute Gasteiger partial charge is 0.504 e. The molecule has 3 aromatic rings. The summed E-state index contributed by atoms with van der Waals surface area (Å²) in [5.41, 5.74) is 6.21. The van der Waals surface area contributed by atoms with Gasteiger partial charge in [0, 0.05) is 11.8 Å². The average Bonchev–Trinajstić information content (AvgIpc) is 2.95. The molecule has 3 rings (SSSR count). The average molecular weight is 443 g/mol. The number of aromatic nitrogens is 2. The maximum Gasteiger partial charge on any atom is 0.298 e. The summed E-state index contributed by atoms with van der Waals surface area (Å²) in [5.74, 6) is -0.991. The minimum Gasteiger partial charge on any atom is -0.504 e. The predicted molar refractivity (Wildman–Crippen MR) is 103 cm³/mol. The quantitative estimate of drug-likeness (QED) is 0.222. The SMILES string of the molecule is Cc1cc(=O)n(-c2ccccc2)[nH]1.Nc1cc(S(=O)(=O)O)cc(S(=O)(=O)O)c1O. The molecule has 0 spiro atoms. The second-order valence-electron chi connectivity index (χ2n) is 5.76. The van der Waals surface area contributed by atoms with Crippen LogP contribution in [-0.4, -0.2) is 40.8 Å². The van der Waals surface area contributed by atoms with Crippen LogP contribution in [0.4, 0.5) is 5.69 Å². The van der Waals surface area contributed by atoms with E-state index in [0.717, 1.165) is 11.4 Å². The molecule has 11 nitrogen and oxygen atoms in total. The van der Waals surface area contributed by atoms with Crippen molar-refractivity contribution in [3.8, 4) is 11.4 Å². The molecule has 2 aromatic carbocycles. The summed E-state index contributed by atoms with van der Waals surface area (Å²) in [7, 11) is -9.54. The number of nitrogen functional groups attached to an aromatic ring is 1. The Bertz CT molecular complexity index is 1290. The topological polar surface area (TPSA) is 193 Å². The molecule has 156 valence electrons. The molecule has 0 aliphatic heterocycles. The summed E-state index contributed by atoms with van der Waals surface area (Å²) >= 11 is 0. The molecule has 0 amide bonds. The highest BCUT2D eigenvalue weighted by Gasteiger charge is 2.22. The van der Waals surface area contributed by atoms with Crippen molar-refractivity contribution in [2.75, 3.05) is 5.73 Å². The minimum absolute atomic E-state index is 0.0244. The monoisotopic (exact) mass is 443 g/mol. The number of hydrogen-bond acceptors (Lipinski definition) is 7. The molecule has 0 fully saturated rings. The molecule has 13 heteroatoms. The van der Waals surface area contributed by atoms with Gasteiger partial charge in [-0.15, -0.1) is 0 Å². The fourth-order valence-corrected chi connectivity index (χ4v) is 3.49. The third kappa shape index (κ3) is 5.45. The van der Waals surface area contributed by atoms with Gasteiger partial charge in [-0.3, -0.25) is 19.0 Å². The van der Waals surface area contributed by atoms with E-state index >= 15 is 0 Å². The van der Waals surface area contributed by atoms with Crippen LogP contribution in [0.15, 0.2) is 63.1 Å². The first-order valence-corrected chi connectivity index (χ1v) is 10.6. The van der Waals surface area contributed by atoms with Gasteiger partial charge in [0.05, 0.1) is 16.3 Å². The van der Waals surface area contributed by atoms with Crippen molar-refractivity contribution in [2.45, 2.75) is 16.7 Å². The molecule has 0 atom stereocenters. The number of nitrogens with zero attached hydrogens (tertiary/aromatic N) is 1. The number of phenolic OH excluding ortho intramolecular Hbond substituents is 1. The van der Waals surface area contributed by atoms with Crippen molar-refractivity contribution < 1.29 is 31.0 Å². The number of H-pyrrole nitrogens is 1. The number of anilines is 1. The lowest BCUT2D eigenvalue weighted by atomic mass is 10.3. The number of hydrogen-bond donors (Lipinski definition) is 5. The summed E-state index contributed by atoms with van der Waals surface area (Å²) in [6.45, 7) is 1.86. The normalized spacial score (nSPS) is 11.6. The number of para-hydroxylation sites is 1. The number of benzene rings is 2. The van der Waals surface area contributed by atoms with E-state index < -0.39 is 41.5 Å². The van der Waals surface area contributed by atoms with E-state index in [2.05, 4.69) is 5.10 Å². The highest BCUT2D eigenvalue weighted by Crippen LogP contribution is 2.31. The van der Waals surface area contributed by atoms with Gasteiger partial charge >= 0.3 is 0 Å². The lowest BCUT2D eigenvalue weighted by molar-refractivity contribution is 0.444. The van der Waals surface area contributed by atoms with Crippen molar-refractivity contribution in [3.05, 3.63) is 64.6 Å². The summed E-state index contributed by atoms with van der Waals surface area (Å²) in [4.78, 5) is 9.42. The summed E-state index contributed by atoms with van der Waals surface area (Å²) in [6, 6.07) is 12.1. The van der Waals surface area contributed by atoms with Gasteiger partial charge in [0.25, 0.3) is 25.8 Å².